The minimum atomic E-state index is -0.478. The van der Waals surface area contributed by atoms with E-state index < -0.39 is 6.10 Å². The van der Waals surface area contributed by atoms with E-state index in [9.17, 15) is 14.7 Å². The molecule has 0 saturated carbocycles. The van der Waals surface area contributed by atoms with Gasteiger partial charge in [-0.3, -0.25) is 14.5 Å². The highest BCUT2D eigenvalue weighted by molar-refractivity contribution is 7.10. The number of thiophene rings is 1. The van der Waals surface area contributed by atoms with Crippen LogP contribution in [0.1, 0.15) is 17.4 Å². The summed E-state index contributed by atoms with van der Waals surface area (Å²) in [7, 11) is 0. The van der Waals surface area contributed by atoms with Crippen molar-refractivity contribution < 1.29 is 14.7 Å². The summed E-state index contributed by atoms with van der Waals surface area (Å²) in [5, 5.41) is 12.3. The molecule has 2 fully saturated rings. The third-order valence-electron chi connectivity index (χ3n) is 5.53. The van der Waals surface area contributed by atoms with Crippen molar-refractivity contribution in [1.29, 1.82) is 0 Å². The van der Waals surface area contributed by atoms with Gasteiger partial charge >= 0.3 is 0 Å². The van der Waals surface area contributed by atoms with E-state index in [1.807, 2.05) is 52.7 Å². The van der Waals surface area contributed by atoms with Crippen molar-refractivity contribution in [2.24, 2.45) is 5.92 Å². The number of carbonyl (C=O) groups is 2. The zero-order chi connectivity index (χ0) is 19.5. The fourth-order valence-electron chi connectivity index (χ4n) is 3.95. The van der Waals surface area contributed by atoms with E-state index in [-0.39, 0.29) is 24.2 Å². The maximum absolute atomic E-state index is 12.9. The van der Waals surface area contributed by atoms with Crippen LogP contribution < -0.4 is 4.90 Å². The van der Waals surface area contributed by atoms with E-state index in [0.29, 0.717) is 26.2 Å². The zero-order valence-corrected chi connectivity index (χ0v) is 16.6. The molecule has 2 aliphatic heterocycles. The molecule has 0 bridgehead atoms. The number of hydrogen-bond acceptors (Lipinski definition) is 5. The zero-order valence-electron chi connectivity index (χ0n) is 15.7. The fourth-order valence-corrected chi connectivity index (χ4v) is 4.66. The van der Waals surface area contributed by atoms with Crippen molar-refractivity contribution in [3.8, 4) is 0 Å². The Morgan fingerprint density at radius 1 is 1.11 bits per heavy atom. The van der Waals surface area contributed by atoms with Crippen LogP contribution in [0, 0.1) is 5.92 Å². The number of aliphatic hydroxyl groups is 1. The topological polar surface area (TPSA) is 64.1 Å². The highest BCUT2D eigenvalue weighted by atomic mass is 32.1. The van der Waals surface area contributed by atoms with Gasteiger partial charge in [0.15, 0.2) is 0 Å². The van der Waals surface area contributed by atoms with Gasteiger partial charge in [-0.2, -0.15) is 0 Å². The van der Waals surface area contributed by atoms with Crippen molar-refractivity contribution in [1.82, 2.24) is 9.80 Å². The molecule has 148 valence electrons. The summed E-state index contributed by atoms with van der Waals surface area (Å²) in [5.41, 5.74) is 0.857. The second-order valence-electron chi connectivity index (χ2n) is 7.40. The Hall–Kier alpha value is -2.22. The molecule has 2 unspecified atom stereocenters. The molecule has 2 saturated heterocycles. The van der Waals surface area contributed by atoms with E-state index in [1.165, 1.54) is 0 Å². The molecule has 0 spiro atoms. The maximum atomic E-state index is 12.9. The Morgan fingerprint density at radius 2 is 1.86 bits per heavy atom. The van der Waals surface area contributed by atoms with Crippen molar-refractivity contribution >= 4 is 28.8 Å². The molecule has 2 aliphatic rings. The Balaban J connectivity index is 1.29. The molecule has 4 rings (SSSR count). The molecule has 2 aromatic rings. The van der Waals surface area contributed by atoms with Crippen LogP contribution >= 0.6 is 11.3 Å². The molecule has 28 heavy (non-hydrogen) atoms. The van der Waals surface area contributed by atoms with Crippen LogP contribution in [0.25, 0.3) is 0 Å². The van der Waals surface area contributed by atoms with Crippen LogP contribution in [-0.4, -0.2) is 66.0 Å². The second kappa shape index (κ2) is 8.43. The maximum Gasteiger partial charge on any atom is 0.228 e. The number of piperazine rings is 1. The number of amides is 2. The van der Waals surface area contributed by atoms with Crippen molar-refractivity contribution in [2.45, 2.75) is 12.5 Å². The quantitative estimate of drug-likeness (QED) is 0.835. The van der Waals surface area contributed by atoms with Gasteiger partial charge in [-0.05, 0) is 23.6 Å². The SMILES string of the molecule is O=C(C1CC(=O)N(c2ccccc2)C1)N1CCN(CC(O)c2cccs2)CC1. The predicted octanol–water partition coefficient (Wildman–Crippen LogP) is 1.98. The fraction of sp³-hybridized carbons (Fsp3) is 0.429. The minimum Gasteiger partial charge on any atom is -0.386 e. The lowest BCUT2D eigenvalue weighted by molar-refractivity contribution is -0.137. The third kappa shape index (κ3) is 4.11. The molecule has 2 atom stereocenters. The molecule has 0 aliphatic carbocycles. The first kappa shape index (κ1) is 19.1. The van der Waals surface area contributed by atoms with Crippen molar-refractivity contribution in [3.05, 3.63) is 52.7 Å². The van der Waals surface area contributed by atoms with Crippen LogP contribution in [0.5, 0.6) is 0 Å². The number of rotatable bonds is 5. The smallest absolute Gasteiger partial charge is 0.228 e. The van der Waals surface area contributed by atoms with Crippen LogP contribution in [-0.2, 0) is 9.59 Å². The van der Waals surface area contributed by atoms with Crippen molar-refractivity contribution in [3.63, 3.8) is 0 Å². The van der Waals surface area contributed by atoms with Gasteiger partial charge in [0.2, 0.25) is 11.8 Å². The number of nitrogens with zero attached hydrogens (tertiary/aromatic N) is 3. The van der Waals surface area contributed by atoms with Crippen molar-refractivity contribution in [2.75, 3.05) is 44.2 Å². The van der Waals surface area contributed by atoms with E-state index in [0.717, 1.165) is 23.7 Å². The van der Waals surface area contributed by atoms with Gasteiger partial charge in [-0.15, -0.1) is 11.3 Å². The van der Waals surface area contributed by atoms with Gasteiger partial charge in [0.05, 0.1) is 5.92 Å². The summed E-state index contributed by atoms with van der Waals surface area (Å²) in [5.74, 6) is -0.177. The van der Waals surface area contributed by atoms with E-state index >= 15 is 0 Å². The summed E-state index contributed by atoms with van der Waals surface area (Å²) in [6, 6.07) is 13.4. The van der Waals surface area contributed by atoms with Gasteiger partial charge in [0, 0.05) is 56.3 Å². The molecular formula is C21H25N3O3S. The molecule has 7 heteroatoms. The number of aliphatic hydroxyl groups excluding tert-OH is 1. The second-order valence-corrected chi connectivity index (χ2v) is 8.38. The first-order valence-corrected chi connectivity index (χ1v) is 10.6. The molecule has 1 N–H and O–H groups in total. The largest absolute Gasteiger partial charge is 0.386 e. The summed E-state index contributed by atoms with van der Waals surface area (Å²) in [4.78, 5) is 32.1. The predicted molar refractivity (Wildman–Crippen MR) is 109 cm³/mol. The van der Waals surface area contributed by atoms with E-state index in [4.69, 9.17) is 0 Å². The Kier molecular flexibility index (Phi) is 5.75. The molecule has 6 nitrogen and oxygen atoms in total. The number of carbonyl (C=O) groups excluding carboxylic acids is 2. The van der Waals surface area contributed by atoms with Gasteiger partial charge in [-0.1, -0.05) is 24.3 Å². The van der Waals surface area contributed by atoms with E-state index in [2.05, 4.69) is 4.90 Å². The number of hydrogen-bond donors (Lipinski definition) is 1. The average Bonchev–Trinajstić information content (AvgIpc) is 3.39. The summed E-state index contributed by atoms with van der Waals surface area (Å²) >= 11 is 1.56. The first-order chi connectivity index (χ1) is 13.6. The first-order valence-electron chi connectivity index (χ1n) is 9.70. The van der Waals surface area contributed by atoms with Crippen LogP contribution in [0.4, 0.5) is 5.69 Å². The highest BCUT2D eigenvalue weighted by Crippen LogP contribution is 2.27. The Morgan fingerprint density at radius 3 is 2.54 bits per heavy atom. The molecule has 1 aromatic carbocycles. The Labute approximate surface area is 169 Å². The van der Waals surface area contributed by atoms with E-state index in [1.54, 1.807) is 16.2 Å². The van der Waals surface area contributed by atoms with Gasteiger partial charge in [-0.25, -0.2) is 0 Å². The van der Waals surface area contributed by atoms with Crippen LogP contribution in [0.2, 0.25) is 0 Å². The molecule has 3 heterocycles. The van der Waals surface area contributed by atoms with Crippen LogP contribution in [0.15, 0.2) is 47.8 Å². The standard InChI is InChI=1S/C21H25N3O3S/c25-18(19-7-4-12-28-19)15-22-8-10-23(11-9-22)21(27)16-13-20(26)24(14-16)17-5-2-1-3-6-17/h1-7,12,16,18,25H,8-11,13-15H2. The lowest BCUT2D eigenvalue weighted by Crippen LogP contribution is -2.51. The van der Waals surface area contributed by atoms with Gasteiger partial charge in [0.1, 0.15) is 6.10 Å². The average molecular weight is 400 g/mol. The Bertz CT molecular complexity index is 804. The van der Waals surface area contributed by atoms with Gasteiger partial charge < -0.3 is 14.9 Å². The number of anilines is 1. The normalized spacial score (nSPS) is 21.9. The molecule has 0 radical (unpaired) electrons. The monoisotopic (exact) mass is 399 g/mol. The lowest BCUT2D eigenvalue weighted by atomic mass is 10.1. The van der Waals surface area contributed by atoms with Crippen LogP contribution in [0.3, 0.4) is 0 Å². The number of β-amino-alcohol motifs (C(OH)–C–C–N with tert-alkyl or cyclic N) is 1. The third-order valence-corrected chi connectivity index (χ3v) is 6.50. The summed E-state index contributed by atoms with van der Waals surface area (Å²) < 4.78 is 0. The number of benzene rings is 1. The van der Waals surface area contributed by atoms with Gasteiger partial charge in [0.25, 0.3) is 0 Å². The molecular weight excluding hydrogens is 374 g/mol. The molecule has 1 aromatic heterocycles. The highest BCUT2D eigenvalue weighted by Gasteiger charge is 2.38. The number of para-hydroxylation sites is 1. The lowest BCUT2D eigenvalue weighted by Gasteiger charge is -2.36. The minimum absolute atomic E-state index is 0.0160. The molecule has 2 amide bonds. The summed E-state index contributed by atoms with van der Waals surface area (Å²) in [6.07, 6.45) is -0.195. The summed E-state index contributed by atoms with van der Waals surface area (Å²) in [6.45, 7) is 3.83.